The molecule has 0 heterocycles. The molecule has 6 heteroatoms. The molecule has 0 saturated heterocycles. The second-order valence-corrected chi connectivity index (χ2v) is 10.6. The monoisotopic (exact) mass is 430 g/mol. The van der Waals surface area contributed by atoms with Crippen molar-refractivity contribution in [3.8, 4) is 0 Å². The summed E-state index contributed by atoms with van der Waals surface area (Å²) in [6.07, 6.45) is 3.04. The summed E-state index contributed by atoms with van der Waals surface area (Å²) in [6, 6.07) is 0. The van der Waals surface area contributed by atoms with Gasteiger partial charge in [0.1, 0.15) is 6.10 Å². The predicted octanol–water partition coefficient (Wildman–Crippen LogP) is 2.33. The Hall–Kier alpha value is -1.76. The average molecular weight is 431 g/mol. The molecule has 2 fully saturated rings. The van der Waals surface area contributed by atoms with Crippen molar-refractivity contribution in [3.05, 3.63) is 34.9 Å². The highest BCUT2D eigenvalue weighted by Crippen LogP contribution is 2.71. The van der Waals surface area contributed by atoms with Gasteiger partial charge in [0.2, 0.25) is 0 Å². The zero-order chi connectivity index (χ0) is 23.1. The van der Waals surface area contributed by atoms with Crippen molar-refractivity contribution in [1.29, 1.82) is 0 Å². The largest absolute Gasteiger partial charge is 0.451 e. The average Bonchev–Trinajstić information content (AvgIpc) is 3.21. The molecule has 0 amide bonds. The van der Waals surface area contributed by atoms with E-state index in [2.05, 4.69) is 13.8 Å². The number of fused-ring (bicyclic) bond motifs is 3. The lowest BCUT2D eigenvalue weighted by Crippen LogP contribution is -2.65. The Bertz CT molecular complexity index is 926. The Morgan fingerprint density at radius 1 is 1.35 bits per heavy atom. The molecular weight excluding hydrogens is 396 g/mol. The molecule has 2 unspecified atom stereocenters. The van der Waals surface area contributed by atoms with Crippen LogP contribution in [0.25, 0.3) is 0 Å². The van der Waals surface area contributed by atoms with E-state index < -0.39 is 41.7 Å². The lowest BCUT2D eigenvalue weighted by molar-refractivity contribution is -0.201. The Morgan fingerprint density at radius 2 is 2.00 bits per heavy atom. The first kappa shape index (κ1) is 22.4. The zero-order valence-corrected chi connectivity index (χ0v) is 19.2. The Balaban J connectivity index is 1.91. The number of ketones is 1. The van der Waals surface area contributed by atoms with E-state index in [0.29, 0.717) is 17.1 Å². The molecule has 2 saturated carbocycles. The van der Waals surface area contributed by atoms with Crippen LogP contribution in [0, 0.1) is 34.5 Å². The molecule has 1 spiro atoms. The van der Waals surface area contributed by atoms with Gasteiger partial charge in [-0.1, -0.05) is 39.0 Å². The number of rotatable bonds is 3. The van der Waals surface area contributed by atoms with Gasteiger partial charge < -0.3 is 20.1 Å². The van der Waals surface area contributed by atoms with E-state index >= 15 is 0 Å². The Morgan fingerprint density at radius 3 is 2.58 bits per heavy atom. The van der Waals surface area contributed by atoms with Gasteiger partial charge in [-0.25, -0.2) is 4.79 Å². The number of hydrogen-bond acceptors (Lipinski definition) is 6. The van der Waals surface area contributed by atoms with Crippen LogP contribution < -0.4 is 0 Å². The lowest BCUT2D eigenvalue weighted by Gasteiger charge is -2.48. The molecular formula is C25H34O6. The van der Waals surface area contributed by atoms with E-state index in [1.54, 1.807) is 39.0 Å². The number of aliphatic hydroxyl groups excluding tert-OH is 2. The molecule has 4 aliphatic rings. The summed E-state index contributed by atoms with van der Waals surface area (Å²) in [5, 5.41) is 33.7. The first-order valence-electron chi connectivity index (χ1n) is 11.2. The summed E-state index contributed by atoms with van der Waals surface area (Å²) in [6.45, 7) is 10.8. The van der Waals surface area contributed by atoms with Crippen LogP contribution in [0.1, 0.15) is 48.0 Å². The van der Waals surface area contributed by atoms with Crippen molar-refractivity contribution in [3.63, 3.8) is 0 Å². The molecule has 31 heavy (non-hydrogen) atoms. The molecule has 2 bridgehead atoms. The highest BCUT2D eigenvalue weighted by Gasteiger charge is 2.76. The van der Waals surface area contributed by atoms with Crippen LogP contribution in [0.4, 0.5) is 0 Å². The van der Waals surface area contributed by atoms with Crippen LogP contribution in [0.15, 0.2) is 34.9 Å². The molecule has 4 aliphatic carbocycles. The fourth-order valence-corrected chi connectivity index (χ4v) is 6.91. The Labute approximate surface area is 183 Å². The summed E-state index contributed by atoms with van der Waals surface area (Å²) in [5.74, 6) is -1.13. The highest BCUT2D eigenvalue weighted by atomic mass is 16.6. The van der Waals surface area contributed by atoms with Crippen LogP contribution in [0.2, 0.25) is 0 Å². The predicted molar refractivity (Wildman–Crippen MR) is 115 cm³/mol. The number of Topliss-reactive ketones (excluding diaryl/α,β-unsaturated/α-hetero) is 1. The summed E-state index contributed by atoms with van der Waals surface area (Å²) < 4.78 is 5.72. The van der Waals surface area contributed by atoms with Gasteiger partial charge in [0.15, 0.2) is 17.5 Å². The van der Waals surface area contributed by atoms with Crippen LogP contribution >= 0.6 is 0 Å². The molecule has 8 atom stereocenters. The van der Waals surface area contributed by atoms with E-state index in [1.807, 2.05) is 6.92 Å². The number of allylic oxidation sites excluding steroid dienone is 2. The molecule has 0 aliphatic heterocycles. The van der Waals surface area contributed by atoms with E-state index in [0.717, 1.165) is 6.42 Å². The number of hydrogen-bond donors (Lipinski definition) is 3. The fourth-order valence-electron chi connectivity index (χ4n) is 6.91. The summed E-state index contributed by atoms with van der Waals surface area (Å²) in [4.78, 5) is 26.8. The summed E-state index contributed by atoms with van der Waals surface area (Å²) >= 11 is 0. The molecule has 0 aromatic rings. The van der Waals surface area contributed by atoms with E-state index in [4.69, 9.17) is 4.74 Å². The second kappa shape index (κ2) is 6.87. The molecule has 6 nitrogen and oxygen atoms in total. The van der Waals surface area contributed by atoms with Crippen molar-refractivity contribution in [2.75, 3.05) is 6.61 Å². The van der Waals surface area contributed by atoms with Crippen LogP contribution in [-0.2, 0) is 14.3 Å². The SMILES string of the molecule is C/C=C(\C)C(=O)O[C@H]1C(C)=C[C@]23C(=O)[C@@H](C=C(CO)[C@@H](O)[C@]12O)C1C(C[C@H]3C)C1(C)C. The quantitative estimate of drug-likeness (QED) is 0.361. The number of aliphatic hydroxyl groups is 3. The number of carbonyl (C=O) groups excluding carboxylic acids is 2. The van der Waals surface area contributed by atoms with Crippen molar-refractivity contribution in [1.82, 2.24) is 0 Å². The number of ether oxygens (including phenoxy) is 1. The minimum atomic E-state index is -2.08. The maximum absolute atomic E-state index is 14.2. The van der Waals surface area contributed by atoms with Crippen molar-refractivity contribution >= 4 is 11.8 Å². The first-order chi connectivity index (χ1) is 14.4. The molecule has 0 aromatic heterocycles. The third kappa shape index (κ3) is 2.61. The van der Waals surface area contributed by atoms with Gasteiger partial charge in [-0.3, -0.25) is 4.79 Å². The van der Waals surface area contributed by atoms with Crippen LogP contribution in [-0.4, -0.2) is 51.5 Å². The lowest BCUT2D eigenvalue weighted by atomic mass is 9.59. The second-order valence-electron chi connectivity index (χ2n) is 10.6. The van der Waals surface area contributed by atoms with E-state index in [9.17, 15) is 24.9 Å². The zero-order valence-electron chi connectivity index (χ0n) is 19.2. The minimum Gasteiger partial charge on any atom is -0.451 e. The van der Waals surface area contributed by atoms with E-state index in [1.165, 1.54) is 0 Å². The third-order valence-corrected chi connectivity index (χ3v) is 8.88. The smallest absolute Gasteiger partial charge is 0.334 e. The van der Waals surface area contributed by atoms with Gasteiger partial charge in [-0.05, 0) is 61.5 Å². The first-order valence-corrected chi connectivity index (χ1v) is 11.2. The van der Waals surface area contributed by atoms with E-state index in [-0.39, 0.29) is 28.6 Å². The van der Waals surface area contributed by atoms with Gasteiger partial charge in [0.05, 0.1) is 12.0 Å². The van der Waals surface area contributed by atoms with Crippen molar-refractivity contribution < 1.29 is 29.6 Å². The Kier molecular flexibility index (Phi) is 4.97. The van der Waals surface area contributed by atoms with Gasteiger partial charge in [0, 0.05) is 11.5 Å². The van der Waals surface area contributed by atoms with Gasteiger partial charge >= 0.3 is 5.97 Å². The molecule has 0 radical (unpaired) electrons. The molecule has 3 N–H and O–H groups in total. The summed E-state index contributed by atoms with van der Waals surface area (Å²) in [5.41, 5.74) is -2.36. The van der Waals surface area contributed by atoms with Crippen LogP contribution in [0.5, 0.6) is 0 Å². The van der Waals surface area contributed by atoms with Gasteiger partial charge in [-0.15, -0.1) is 0 Å². The standard InChI is InChI=1S/C25H34O6/c1-7-12(2)22(29)31-21-13(3)10-24-14(4)8-17-18(23(17,5)6)16(20(24)28)9-15(11-26)19(27)25(21,24)30/h7,9-10,14,16-19,21,26-27,30H,8,11H2,1-6H3/b12-7+/t14-,16+,17?,18?,19-,21+,24+,25+/m1/s1. The maximum atomic E-state index is 14.2. The summed E-state index contributed by atoms with van der Waals surface area (Å²) in [7, 11) is 0. The van der Waals surface area contributed by atoms with Gasteiger partial charge in [-0.2, -0.15) is 0 Å². The van der Waals surface area contributed by atoms with Crippen molar-refractivity contribution in [2.24, 2.45) is 34.5 Å². The normalized spacial score (nSPS) is 45.6. The number of esters is 1. The van der Waals surface area contributed by atoms with Crippen molar-refractivity contribution in [2.45, 2.75) is 65.8 Å². The third-order valence-electron chi connectivity index (χ3n) is 8.88. The highest BCUT2D eigenvalue weighted by molar-refractivity contribution is 5.96. The van der Waals surface area contributed by atoms with Gasteiger partial charge in [0.25, 0.3) is 0 Å². The molecule has 170 valence electrons. The molecule has 0 aromatic carbocycles. The molecule has 4 rings (SSSR count). The van der Waals surface area contributed by atoms with Crippen LogP contribution in [0.3, 0.4) is 0 Å². The minimum absolute atomic E-state index is 0.0209. The topological polar surface area (TPSA) is 104 Å². The number of carbonyl (C=O) groups is 2. The maximum Gasteiger partial charge on any atom is 0.334 e. The fraction of sp³-hybridized carbons (Fsp3) is 0.680.